The van der Waals surface area contributed by atoms with Crippen molar-refractivity contribution in [2.24, 2.45) is 0 Å². The first-order chi connectivity index (χ1) is 9.93. The van der Waals surface area contributed by atoms with Crippen molar-refractivity contribution in [1.82, 2.24) is 9.97 Å². The molecular weight excluding hydrogens is 404 g/mol. The number of halogens is 3. The fraction of sp³-hybridized carbons (Fsp3) is 0.333. The molecule has 0 fully saturated rings. The second kappa shape index (κ2) is 6.87. The lowest BCUT2D eigenvalue weighted by atomic mass is 10.1. The fourth-order valence-corrected chi connectivity index (χ4v) is 3.07. The topological polar surface area (TPSA) is 37.8 Å². The maximum absolute atomic E-state index is 13.6. The second-order valence-corrected chi connectivity index (χ2v) is 6.39. The van der Waals surface area contributed by atoms with Gasteiger partial charge in [0.05, 0.1) is 14.3 Å². The molecule has 0 unspecified atom stereocenters. The van der Waals surface area contributed by atoms with E-state index >= 15 is 0 Å². The van der Waals surface area contributed by atoms with E-state index in [0.29, 0.717) is 11.4 Å². The Kier molecular flexibility index (Phi) is 5.37. The van der Waals surface area contributed by atoms with E-state index in [4.69, 9.17) is 11.6 Å². The molecule has 0 spiro atoms. The van der Waals surface area contributed by atoms with Crippen molar-refractivity contribution in [3.63, 3.8) is 0 Å². The van der Waals surface area contributed by atoms with Gasteiger partial charge in [-0.15, -0.1) is 0 Å². The third-order valence-electron chi connectivity index (χ3n) is 2.95. The normalized spacial score (nSPS) is 11.0. The van der Waals surface area contributed by atoms with Crippen LogP contribution in [-0.4, -0.2) is 16.5 Å². The first-order valence-corrected chi connectivity index (χ1v) is 8.16. The lowest BCUT2D eigenvalue weighted by Gasteiger charge is -2.14. The molecule has 1 heterocycles. The highest BCUT2D eigenvalue weighted by atomic mass is 127. The maximum atomic E-state index is 13.6. The van der Waals surface area contributed by atoms with Crippen molar-refractivity contribution < 1.29 is 4.39 Å². The highest BCUT2D eigenvalue weighted by molar-refractivity contribution is 14.1. The van der Waals surface area contributed by atoms with Crippen molar-refractivity contribution in [2.75, 3.05) is 11.9 Å². The summed E-state index contributed by atoms with van der Waals surface area (Å²) >= 11 is 7.97. The Balaban J connectivity index is 2.59. The predicted molar refractivity (Wildman–Crippen MR) is 93.4 cm³/mol. The Morgan fingerprint density at radius 3 is 2.62 bits per heavy atom. The molecule has 2 aromatic rings. The van der Waals surface area contributed by atoms with Crippen molar-refractivity contribution in [3.05, 3.63) is 38.3 Å². The SMILES string of the molecule is CCNc1nc(-c2ccc(Cl)c(F)c2)nc(C(C)C)c1I. The van der Waals surface area contributed by atoms with Gasteiger partial charge in [0, 0.05) is 12.1 Å². The van der Waals surface area contributed by atoms with Gasteiger partial charge in [-0.1, -0.05) is 25.4 Å². The lowest BCUT2D eigenvalue weighted by molar-refractivity contribution is 0.628. The van der Waals surface area contributed by atoms with Crippen LogP contribution >= 0.6 is 34.2 Å². The molecule has 0 saturated heterocycles. The molecule has 3 nitrogen and oxygen atoms in total. The Bertz CT molecular complexity index is 662. The summed E-state index contributed by atoms with van der Waals surface area (Å²) in [6, 6.07) is 4.62. The van der Waals surface area contributed by atoms with Crippen molar-refractivity contribution in [2.45, 2.75) is 26.7 Å². The first-order valence-electron chi connectivity index (χ1n) is 6.70. The van der Waals surface area contributed by atoms with Crippen LogP contribution in [0.5, 0.6) is 0 Å². The minimum absolute atomic E-state index is 0.0975. The average molecular weight is 420 g/mol. The maximum Gasteiger partial charge on any atom is 0.161 e. The largest absolute Gasteiger partial charge is 0.369 e. The summed E-state index contributed by atoms with van der Waals surface area (Å²) in [7, 11) is 0. The summed E-state index contributed by atoms with van der Waals surface area (Å²) in [6.45, 7) is 6.92. The number of hydrogen-bond acceptors (Lipinski definition) is 3. The zero-order chi connectivity index (χ0) is 15.6. The van der Waals surface area contributed by atoms with E-state index in [-0.39, 0.29) is 10.9 Å². The summed E-state index contributed by atoms with van der Waals surface area (Å²) < 4.78 is 14.6. The number of rotatable bonds is 4. The number of benzene rings is 1. The molecular formula is C15H16ClFIN3. The number of aromatic nitrogens is 2. The van der Waals surface area contributed by atoms with Crippen LogP contribution in [0.1, 0.15) is 32.4 Å². The molecule has 1 aromatic carbocycles. The van der Waals surface area contributed by atoms with E-state index in [0.717, 1.165) is 21.6 Å². The van der Waals surface area contributed by atoms with Crippen LogP contribution in [0.2, 0.25) is 5.02 Å². The van der Waals surface area contributed by atoms with Crippen LogP contribution in [0.25, 0.3) is 11.4 Å². The Labute approximate surface area is 142 Å². The van der Waals surface area contributed by atoms with Crippen LogP contribution in [0.4, 0.5) is 10.2 Å². The molecule has 2 rings (SSSR count). The molecule has 0 radical (unpaired) electrons. The molecule has 0 atom stereocenters. The standard InChI is InChI=1S/C15H16ClFIN3/c1-4-19-15-12(18)13(8(2)3)20-14(21-15)9-5-6-10(16)11(17)7-9/h5-8H,4H2,1-3H3,(H,19,20,21). The molecule has 0 aliphatic carbocycles. The third-order valence-corrected chi connectivity index (χ3v) is 4.32. The Morgan fingerprint density at radius 2 is 2.05 bits per heavy atom. The van der Waals surface area contributed by atoms with Crippen LogP contribution < -0.4 is 5.32 Å². The third kappa shape index (κ3) is 3.63. The Morgan fingerprint density at radius 1 is 1.33 bits per heavy atom. The van der Waals surface area contributed by atoms with Crippen molar-refractivity contribution in [1.29, 1.82) is 0 Å². The van der Waals surface area contributed by atoms with Crippen LogP contribution in [-0.2, 0) is 0 Å². The van der Waals surface area contributed by atoms with E-state index in [1.54, 1.807) is 6.07 Å². The number of hydrogen-bond donors (Lipinski definition) is 1. The number of nitrogens with one attached hydrogen (secondary N) is 1. The van der Waals surface area contributed by atoms with Crippen molar-refractivity contribution in [3.8, 4) is 11.4 Å². The fourth-order valence-electron chi connectivity index (χ4n) is 1.90. The van der Waals surface area contributed by atoms with Gasteiger partial charge in [-0.05, 0) is 53.6 Å². The minimum Gasteiger partial charge on any atom is -0.369 e. The summed E-state index contributed by atoms with van der Waals surface area (Å²) in [5, 5.41) is 3.33. The summed E-state index contributed by atoms with van der Waals surface area (Å²) in [5.41, 5.74) is 1.57. The van der Waals surface area contributed by atoms with Crippen LogP contribution in [0, 0.1) is 9.39 Å². The van der Waals surface area contributed by atoms with Crippen LogP contribution in [0.3, 0.4) is 0 Å². The molecule has 0 amide bonds. The molecule has 1 aromatic heterocycles. The van der Waals surface area contributed by atoms with E-state index in [1.165, 1.54) is 12.1 Å². The van der Waals surface area contributed by atoms with Gasteiger partial charge in [0.25, 0.3) is 0 Å². The average Bonchev–Trinajstić information content (AvgIpc) is 2.44. The zero-order valence-electron chi connectivity index (χ0n) is 12.0. The molecule has 1 N–H and O–H groups in total. The molecule has 0 aliphatic rings. The van der Waals surface area contributed by atoms with Gasteiger partial charge < -0.3 is 5.32 Å². The van der Waals surface area contributed by atoms with E-state index < -0.39 is 5.82 Å². The second-order valence-electron chi connectivity index (χ2n) is 4.91. The molecule has 112 valence electrons. The summed E-state index contributed by atoms with van der Waals surface area (Å²) in [5.74, 6) is 1.08. The summed E-state index contributed by atoms with van der Waals surface area (Å²) in [4.78, 5) is 9.09. The predicted octanol–water partition coefficient (Wildman–Crippen LogP) is 5.10. The monoisotopic (exact) mass is 419 g/mol. The van der Waals surface area contributed by atoms with Gasteiger partial charge in [-0.25, -0.2) is 14.4 Å². The first kappa shape index (κ1) is 16.4. The highest BCUT2D eigenvalue weighted by Crippen LogP contribution is 2.29. The smallest absolute Gasteiger partial charge is 0.161 e. The zero-order valence-corrected chi connectivity index (χ0v) is 15.0. The van der Waals surface area contributed by atoms with E-state index in [9.17, 15) is 4.39 Å². The summed E-state index contributed by atoms with van der Waals surface area (Å²) in [6.07, 6.45) is 0. The number of nitrogens with zero attached hydrogens (tertiary/aromatic N) is 2. The van der Waals surface area contributed by atoms with Crippen molar-refractivity contribution >= 4 is 40.0 Å². The minimum atomic E-state index is -0.465. The molecule has 6 heteroatoms. The molecule has 21 heavy (non-hydrogen) atoms. The number of anilines is 1. The highest BCUT2D eigenvalue weighted by Gasteiger charge is 2.16. The van der Waals surface area contributed by atoms with Gasteiger partial charge in [0.2, 0.25) is 0 Å². The van der Waals surface area contributed by atoms with Gasteiger partial charge in [-0.3, -0.25) is 0 Å². The van der Waals surface area contributed by atoms with Gasteiger partial charge in [0.1, 0.15) is 11.6 Å². The van der Waals surface area contributed by atoms with E-state index in [1.807, 2.05) is 6.92 Å². The lowest BCUT2D eigenvalue weighted by Crippen LogP contribution is -2.09. The quantitative estimate of drug-likeness (QED) is 0.701. The molecule has 0 aliphatic heterocycles. The molecule has 0 bridgehead atoms. The van der Waals surface area contributed by atoms with Gasteiger partial charge in [-0.2, -0.15) is 0 Å². The van der Waals surface area contributed by atoms with Gasteiger partial charge >= 0.3 is 0 Å². The van der Waals surface area contributed by atoms with Gasteiger partial charge in [0.15, 0.2) is 5.82 Å². The Hall–Kier alpha value is -0.950. The van der Waals surface area contributed by atoms with E-state index in [2.05, 4.69) is 51.7 Å². The molecule has 0 saturated carbocycles. The van der Waals surface area contributed by atoms with Crippen LogP contribution in [0.15, 0.2) is 18.2 Å².